The number of carbonyl (C=O) groups excluding carboxylic acids is 1. The number of amides is 1. The Morgan fingerprint density at radius 2 is 2.20 bits per heavy atom. The highest BCUT2D eigenvalue weighted by molar-refractivity contribution is 8.02. The Kier molecular flexibility index (Phi) is 7.03. The van der Waals surface area contributed by atoms with E-state index in [-0.39, 0.29) is 0 Å². The quantitative estimate of drug-likeness (QED) is 0.397. The summed E-state index contributed by atoms with van der Waals surface area (Å²) in [7, 11) is -1.91. The van der Waals surface area contributed by atoms with Crippen LogP contribution in [0.2, 0.25) is 0 Å². The van der Waals surface area contributed by atoms with Gasteiger partial charge in [0.25, 0.3) is 0 Å². The van der Waals surface area contributed by atoms with Crippen molar-refractivity contribution in [1.82, 2.24) is 5.32 Å². The molecule has 0 bridgehead atoms. The molecule has 0 heterocycles. The lowest BCUT2D eigenvalue weighted by Crippen LogP contribution is -2.24. The van der Waals surface area contributed by atoms with Crippen molar-refractivity contribution in [2.24, 2.45) is 0 Å². The lowest BCUT2D eigenvalue weighted by Gasteiger charge is -2.15. The van der Waals surface area contributed by atoms with E-state index in [2.05, 4.69) is 16.6 Å². The standard InChI is InChI=1S/C10H21NO3S/c1-4-14-10(12)11-8-6-7-9-15(3,13)5-2/h4,15H,1,5-9H2,2-3H3,(H,11,12). The molecule has 0 spiro atoms. The van der Waals surface area contributed by atoms with Crippen LogP contribution in [-0.2, 0) is 14.7 Å². The first-order valence-electron chi connectivity index (χ1n) is 5.13. The first-order valence-corrected chi connectivity index (χ1v) is 7.65. The summed E-state index contributed by atoms with van der Waals surface area (Å²) in [5, 5.41) is 2.57. The molecule has 0 rings (SSSR count). The molecule has 0 aliphatic rings. The van der Waals surface area contributed by atoms with E-state index in [1.165, 1.54) is 0 Å². The van der Waals surface area contributed by atoms with Crippen LogP contribution in [0.4, 0.5) is 4.79 Å². The predicted molar refractivity (Wildman–Crippen MR) is 64.8 cm³/mol. The molecule has 1 N–H and O–H groups in total. The average molecular weight is 235 g/mol. The van der Waals surface area contributed by atoms with Gasteiger partial charge in [0.15, 0.2) is 0 Å². The molecule has 5 heteroatoms. The Labute approximate surface area is 92.5 Å². The smallest absolute Gasteiger partial charge is 0.411 e. The van der Waals surface area contributed by atoms with Crippen LogP contribution in [0.1, 0.15) is 19.8 Å². The van der Waals surface area contributed by atoms with Crippen molar-refractivity contribution in [1.29, 1.82) is 0 Å². The fourth-order valence-electron chi connectivity index (χ4n) is 1.04. The molecule has 0 fully saturated rings. The molecule has 90 valence electrons. The molecule has 0 radical (unpaired) electrons. The number of ether oxygens (including phenoxy) is 1. The minimum atomic E-state index is -1.91. The minimum Gasteiger partial charge on any atom is -0.419 e. The molecule has 0 unspecified atom stereocenters. The van der Waals surface area contributed by atoms with Gasteiger partial charge in [0.05, 0.1) is 6.26 Å². The zero-order valence-electron chi connectivity index (χ0n) is 9.49. The lowest BCUT2D eigenvalue weighted by atomic mass is 10.3. The van der Waals surface area contributed by atoms with Crippen LogP contribution < -0.4 is 5.32 Å². The second-order valence-electron chi connectivity index (χ2n) is 3.54. The van der Waals surface area contributed by atoms with E-state index in [0.29, 0.717) is 6.54 Å². The largest absolute Gasteiger partial charge is 0.419 e. The van der Waals surface area contributed by atoms with Crippen molar-refractivity contribution in [2.75, 3.05) is 24.3 Å². The minimum absolute atomic E-state index is 0.486. The van der Waals surface area contributed by atoms with Gasteiger partial charge in [0, 0.05) is 12.3 Å². The molecule has 0 saturated carbocycles. The van der Waals surface area contributed by atoms with Gasteiger partial charge in [-0.15, -0.1) is 9.93 Å². The first-order chi connectivity index (χ1) is 7.02. The van der Waals surface area contributed by atoms with E-state index < -0.39 is 16.0 Å². The third-order valence-electron chi connectivity index (χ3n) is 2.19. The highest BCUT2D eigenvalue weighted by atomic mass is 32.2. The van der Waals surface area contributed by atoms with Gasteiger partial charge in [-0.2, -0.15) is 0 Å². The molecular weight excluding hydrogens is 214 g/mol. The predicted octanol–water partition coefficient (Wildman–Crippen LogP) is 1.30. The van der Waals surface area contributed by atoms with Crippen molar-refractivity contribution >= 4 is 16.0 Å². The summed E-state index contributed by atoms with van der Waals surface area (Å²) >= 11 is 0. The van der Waals surface area contributed by atoms with Gasteiger partial charge < -0.3 is 10.1 Å². The van der Waals surface area contributed by atoms with Crippen LogP contribution in [0.3, 0.4) is 0 Å². The van der Waals surface area contributed by atoms with Gasteiger partial charge in [0.2, 0.25) is 0 Å². The number of alkyl carbamates (subject to hydrolysis) is 1. The van der Waals surface area contributed by atoms with Crippen LogP contribution in [0.15, 0.2) is 12.8 Å². The Morgan fingerprint density at radius 1 is 1.53 bits per heavy atom. The van der Waals surface area contributed by atoms with Gasteiger partial charge in [-0.3, -0.25) is 4.21 Å². The van der Waals surface area contributed by atoms with Gasteiger partial charge in [-0.05, 0) is 24.9 Å². The number of thiol groups is 1. The molecular formula is C10H21NO3S. The maximum atomic E-state index is 11.7. The molecule has 0 aliphatic heterocycles. The number of nitrogens with one attached hydrogen (secondary N) is 1. The van der Waals surface area contributed by atoms with E-state index in [4.69, 9.17) is 0 Å². The van der Waals surface area contributed by atoms with Crippen molar-refractivity contribution < 1.29 is 13.7 Å². The normalized spacial score (nSPS) is 11.9. The second-order valence-corrected chi connectivity index (χ2v) is 7.22. The average Bonchev–Trinajstić information content (AvgIpc) is 2.17. The lowest BCUT2D eigenvalue weighted by molar-refractivity contribution is 0.185. The number of carbonyl (C=O) groups is 1. The fourth-order valence-corrected chi connectivity index (χ4v) is 2.25. The Balaban J connectivity index is 3.44. The molecule has 0 aromatic carbocycles. The first kappa shape index (κ1) is 14.2. The third-order valence-corrected chi connectivity index (χ3v) is 4.79. The second kappa shape index (κ2) is 7.45. The summed E-state index contributed by atoms with van der Waals surface area (Å²) in [6, 6.07) is 0. The van der Waals surface area contributed by atoms with Crippen molar-refractivity contribution in [3.8, 4) is 0 Å². The van der Waals surface area contributed by atoms with E-state index in [0.717, 1.165) is 30.6 Å². The molecule has 0 aromatic rings. The Bertz CT molecular complexity index is 253. The van der Waals surface area contributed by atoms with Crippen LogP contribution >= 0.6 is 0 Å². The highest BCUT2D eigenvalue weighted by Crippen LogP contribution is 2.02. The number of hydrogen-bond donors (Lipinski definition) is 2. The van der Waals surface area contributed by atoms with Crippen LogP contribution in [-0.4, -0.2) is 34.6 Å². The van der Waals surface area contributed by atoms with Gasteiger partial charge in [-0.1, -0.05) is 13.5 Å². The van der Waals surface area contributed by atoms with Gasteiger partial charge in [-0.25, -0.2) is 4.79 Å². The number of hydrogen-bond acceptors (Lipinski definition) is 3. The summed E-state index contributed by atoms with van der Waals surface area (Å²) in [4.78, 5) is 10.8. The van der Waals surface area contributed by atoms with Crippen LogP contribution in [0, 0.1) is 0 Å². The number of rotatable bonds is 7. The topological polar surface area (TPSA) is 55.4 Å². The van der Waals surface area contributed by atoms with E-state index >= 15 is 0 Å². The monoisotopic (exact) mass is 235 g/mol. The van der Waals surface area contributed by atoms with Crippen molar-refractivity contribution in [2.45, 2.75) is 19.8 Å². The molecule has 0 aliphatic carbocycles. The van der Waals surface area contributed by atoms with Gasteiger partial charge in [0.1, 0.15) is 0 Å². The van der Waals surface area contributed by atoms with E-state index in [1.54, 1.807) is 0 Å². The summed E-state index contributed by atoms with van der Waals surface area (Å²) in [6.45, 7) is 5.77. The summed E-state index contributed by atoms with van der Waals surface area (Å²) in [5.74, 6) is 1.50. The zero-order valence-corrected chi connectivity index (χ0v) is 10.4. The maximum absolute atomic E-state index is 11.7. The fraction of sp³-hybridized carbons (Fsp3) is 0.700. The zero-order chi connectivity index (χ0) is 11.7. The Hall–Kier alpha value is -0.840. The summed E-state index contributed by atoms with van der Waals surface area (Å²) < 4.78 is 16.1. The SMILES string of the molecule is C=COC(=O)NCCCC[SH](C)(=O)CC. The molecule has 1 amide bonds. The Morgan fingerprint density at radius 3 is 2.73 bits per heavy atom. The van der Waals surface area contributed by atoms with Gasteiger partial charge >= 0.3 is 6.09 Å². The van der Waals surface area contributed by atoms with E-state index in [1.807, 2.05) is 13.2 Å². The molecule has 0 atom stereocenters. The highest BCUT2D eigenvalue weighted by Gasteiger charge is 2.05. The van der Waals surface area contributed by atoms with E-state index in [9.17, 15) is 9.00 Å². The molecule has 15 heavy (non-hydrogen) atoms. The third kappa shape index (κ3) is 8.17. The number of unbranched alkanes of at least 4 members (excludes halogenated alkanes) is 1. The molecule has 4 nitrogen and oxygen atoms in total. The van der Waals surface area contributed by atoms with Crippen LogP contribution in [0.5, 0.6) is 0 Å². The molecule has 0 saturated heterocycles. The van der Waals surface area contributed by atoms with Crippen LogP contribution in [0.25, 0.3) is 0 Å². The summed E-state index contributed by atoms with van der Waals surface area (Å²) in [6.07, 6.45) is 4.12. The van der Waals surface area contributed by atoms with Crippen molar-refractivity contribution in [3.63, 3.8) is 0 Å². The van der Waals surface area contributed by atoms with Crippen molar-refractivity contribution in [3.05, 3.63) is 12.8 Å². The summed E-state index contributed by atoms with van der Waals surface area (Å²) in [5.41, 5.74) is 0. The maximum Gasteiger partial charge on any atom is 0.411 e. The molecule has 0 aromatic heterocycles.